The second-order valence-electron chi connectivity index (χ2n) is 2.77. The number of rotatable bonds is 0. The number of thiazole rings is 1. The van der Waals surface area contributed by atoms with Crippen molar-refractivity contribution in [3.8, 4) is 0 Å². The molecule has 0 radical (unpaired) electrons. The van der Waals surface area contributed by atoms with E-state index in [1.807, 2.05) is 0 Å². The first kappa shape index (κ1) is 8.30. The smallest absolute Gasteiger partial charge is 0.265 e. The van der Waals surface area contributed by atoms with Gasteiger partial charge >= 0.3 is 0 Å². The van der Waals surface area contributed by atoms with Crippen LogP contribution in [0.4, 0.5) is 0 Å². The predicted octanol–water partition coefficient (Wildman–Crippen LogP) is 0.390. The van der Waals surface area contributed by atoms with Gasteiger partial charge < -0.3 is 0 Å². The fraction of sp³-hybridized carbons (Fsp3) is 0. The molecule has 3 aromatic heterocycles. The van der Waals surface area contributed by atoms with E-state index in [9.17, 15) is 4.79 Å². The molecule has 3 heterocycles. The van der Waals surface area contributed by atoms with Gasteiger partial charge in [-0.3, -0.25) is 4.79 Å². The fourth-order valence-electron chi connectivity index (χ4n) is 1.21. The Morgan fingerprint density at radius 3 is 3.07 bits per heavy atom. The highest BCUT2D eigenvalue weighted by Crippen LogP contribution is 2.11. The largest absolute Gasteiger partial charge is 0.299 e. The maximum absolute atomic E-state index is 11.6. The zero-order valence-electron chi connectivity index (χ0n) is 7.28. The van der Waals surface area contributed by atoms with Gasteiger partial charge in [-0.25, -0.2) is 24.9 Å². The third kappa shape index (κ3) is 1.24. The zero-order valence-corrected chi connectivity index (χ0v) is 8.10. The van der Waals surface area contributed by atoms with Crippen LogP contribution >= 0.6 is 11.3 Å². The Balaban J connectivity index is 2.67. The van der Waals surface area contributed by atoms with E-state index >= 15 is 0 Å². The van der Waals surface area contributed by atoms with Gasteiger partial charge in [0.05, 0.1) is 11.7 Å². The van der Waals surface area contributed by atoms with Crippen molar-refractivity contribution in [2.45, 2.75) is 0 Å². The quantitative estimate of drug-likeness (QED) is 0.541. The molecule has 15 heavy (non-hydrogen) atoms. The zero-order chi connectivity index (χ0) is 10.3. The Morgan fingerprint density at radius 1 is 1.20 bits per heavy atom. The third-order valence-electron chi connectivity index (χ3n) is 1.85. The van der Waals surface area contributed by atoms with Crippen molar-refractivity contribution in [3.05, 3.63) is 28.4 Å². The Kier molecular flexibility index (Phi) is 1.65. The molecule has 0 aliphatic rings. The van der Waals surface area contributed by atoms with Gasteiger partial charge in [-0.1, -0.05) is 0 Å². The molecule has 7 heteroatoms. The summed E-state index contributed by atoms with van der Waals surface area (Å²) >= 11 is 1.29. The van der Waals surface area contributed by atoms with Crippen LogP contribution in [0.25, 0.3) is 21.5 Å². The lowest BCUT2D eigenvalue weighted by molar-refractivity contribution is 1.18. The summed E-state index contributed by atoms with van der Waals surface area (Å²) in [6.07, 6.45) is 2.83. The van der Waals surface area contributed by atoms with Crippen LogP contribution in [0.5, 0.6) is 0 Å². The van der Waals surface area contributed by atoms with Gasteiger partial charge in [0.25, 0.3) is 5.56 Å². The number of fused-ring (bicyclic) bond motifs is 2. The Hall–Kier alpha value is -2.02. The van der Waals surface area contributed by atoms with E-state index in [4.69, 9.17) is 0 Å². The molecule has 0 fully saturated rings. The van der Waals surface area contributed by atoms with Crippen LogP contribution in [-0.4, -0.2) is 24.9 Å². The minimum Gasteiger partial charge on any atom is -0.265 e. The second-order valence-corrected chi connectivity index (χ2v) is 3.60. The van der Waals surface area contributed by atoms with Crippen molar-refractivity contribution >= 4 is 32.8 Å². The highest BCUT2D eigenvalue weighted by atomic mass is 32.1. The molecule has 0 amide bonds. The first-order valence-electron chi connectivity index (χ1n) is 4.06. The van der Waals surface area contributed by atoms with Crippen LogP contribution in [0.3, 0.4) is 0 Å². The predicted molar refractivity (Wildman–Crippen MR) is 54.6 cm³/mol. The van der Waals surface area contributed by atoms with Gasteiger partial charge in [0.15, 0.2) is 16.0 Å². The summed E-state index contributed by atoms with van der Waals surface area (Å²) in [7, 11) is 0. The van der Waals surface area contributed by atoms with Gasteiger partial charge in [-0.2, -0.15) is 0 Å². The average molecular weight is 217 g/mol. The maximum atomic E-state index is 11.6. The number of hydrogen-bond acceptors (Lipinski definition) is 7. The summed E-state index contributed by atoms with van der Waals surface area (Å²) in [6, 6.07) is 0. The summed E-state index contributed by atoms with van der Waals surface area (Å²) in [4.78, 5) is 31.8. The summed E-state index contributed by atoms with van der Waals surface area (Å²) in [5.41, 5.74) is 2.23. The lowest BCUT2D eigenvalue weighted by Crippen LogP contribution is -2.02. The molecule has 0 bridgehead atoms. The Morgan fingerprint density at radius 2 is 2.13 bits per heavy atom. The molecule has 0 N–H and O–H groups in total. The molecule has 3 rings (SSSR count). The van der Waals surface area contributed by atoms with Crippen LogP contribution in [0.2, 0.25) is 0 Å². The van der Waals surface area contributed by atoms with Gasteiger partial charge in [0, 0.05) is 0 Å². The molecule has 6 nitrogen and oxygen atoms in total. The van der Waals surface area contributed by atoms with Crippen molar-refractivity contribution in [2.75, 3.05) is 0 Å². The molecule has 0 saturated heterocycles. The lowest BCUT2D eigenvalue weighted by Gasteiger charge is -1.84. The Labute approximate surface area is 86.7 Å². The first-order chi connectivity index (χ1) is 7.34. The molecule has 0 aromatic carbocycles. The highest BCUT2D eigenvalue weighted by Gasteiger charge is 2.05. The summed E-state index contributed by atoms with van der Waals surface area (Å²) in [5.74, 6) is 0. The molecule has 72 valence electrons. The second kappa shape index (κ2) is 2.99. The minimum absolute atomic E-state index is 0.276. The van der Waals surface area contributed by atoms with Crippen LogP contribution in [0, 0.1) is 0 Å². The number of nitrogens with zero attached hydrogens (tertiary/aromatic N) is 5. The summed E-state index contributed by atoms with van der Waals surface area (Å²) in [6.45, 7) is 0. The van der Waals surface area contributed by atoms with Crippen LogP contribution in [0.15, 0.2) is 22.8 Å². The molecule has 0 saturated carbocycles. The topological polar surface area (TPSA) is 81.5 Å². The number of hydrogen-bond donors (Lipinski definition) is 0. The number of aromatic nitrogens is 5. The van der Waals surface area contributed by atoms with E-state index in [-0.39, 0.29) is 5.52 Å². The molecule has 3 aromatic rings. The lowest BCUT2D eigenvalue weighted by atomic mass is 10.5. The fourth-order valence-corrected chi connectivity index (χ4v) is 1.85. The molecule has 0 aliphatic heterocycles. The van der Waals surface area contributed by atoms with E-state index in [0.29, 0.717) is 16.0 Å². The van der Waals surface area contributed by atoms with Crippen molar-refractivity contribution < 1.29 is 0 Å². The van der Waals surface area contributed by atoms with Crippen molar-refractivity contribution in [3.63, 3.8) is 0 Å². The standard InChI is InChI=1S/C8H3N5OS/c14-7-5-8(15-3-11-5)13-6-4(12-7)1-9-2-10-6/h1-3H. The summed E-state index contributed by atoms with van der Waals surface area (Å²) < 4.78 is 0. The van der Waals surface area contributed by atoms with Crippen molar-refractivity contribution in [1.82, 2.24) is 24.9 Å². The van der Waals surface area contributed by atoms with E-state index in [1.54, 1.807) is 5.51 Å². The molecular weight excluding hydrogens is 214 g/mol. The molecule has 0 unspecified atom stereocenters. The SMILES string of the molecule is O=c1nc2cncnc2nc2scnc12. The minimum atomic E-state index is -0.399. The van der Waals surface area contributed by atoms with E-state index < -0.39 is 5.56 Å². The normalized spacial score (nSPS) is 10.9. The van der Waals surface area contributed by atoms with E-state index in [1.165, 1.54) is 23.9 Å². The highest BCUT2D eigenvalue weighted by molar-refractivity contribution is 7.16. The Bertz CT molecular complexity index is 710. The molecule has 0 atom stereocenters. The molecular formula is C8H3N5OS. The van der Waals surface area contributed by atoms with Gasteiger partial charge in [0.2, 0.25) is 0 Å². The molecule has 0 spiro atoms. The first-order valence-corrected chi connectivity index (χ1v) is 4.94. The van der Waals surface area contributed by atoms with Gasteiger partial charge in [-0.15, -0.1) is 11.3 Å². The van der Waals surface area contributed by atoms with Gasteiger partial charge in [-0.05, 0) is 0 Å². The van der Waals surface area contributed by atoms with Crippen LogP contribution in [0.1, 0.15) is 0 Å². The van der Waals surface area contributed by atoms with Crippen molar-refractivity contribution in [1.29, 1.82) is 0 Å². The monoisotopic (exact) mass is 217 g/mol. The van der Waals surface area contributed by atoms with E-state index in [0.717, 1.165) is 0 Å². The van der Waals surface area contributed by atoms with Crippen LogP contribution in [-0.2, 0) is 0 Å². The third-order valence-corrected chi connectivity index (χ3v) is 2.57. The van der Waals surface area contributed by atoms with Gasteiger partial charge in [0.1, 0.15) is 11.8 Å². The maximum Gasteiger partial charge on any atom is 0.299 e. The molecule has 0 aliphatic carbocycles. The van der Waals surface area contributed by atoms with Crippen LogP contribution < -0.4 is 5.56 Å². The van der Waals surface area contributed by atoms with Crippen molar-refractivity contribution in [2.24, 2.45) is 0 Å². The van der Waals surface area contributed by atoms with E-state index in [2.05, 4.69) is 24.9 Å². The summed E-state index contributed by atoms with van der Waals surface area (Å²) in [5, 5.41) is 0. The average Bonchev–Trinajstić information content (AvgIpc) is 2.64.